The van der Waals surface area contributed by atoms with Crippen LogP contribution in [-0.2, 0) is 18.0 Å². The number of piperidine rings is 1. The average Bonchev–Trinajstić information content (AvgIpc) is 2.38. The van der Waals surface area contributed by atoms with Crippen LogP contribution in [0.5, 0.6) is 0 Å². The second-order valence-electron chi connectivity index (χ2n) is 4.71. The third kappa shape index (κ3) is 3.53. The summed E-state index contributed by atoms with van der Waals surface area (Å²) in [5.74, 6) is 0. The quantitative estimate of drug-likeness (QED) is 0.836. The zero-order chi connectivity index (χ0) is 12.1. The van der Waals surface area contributed by atoms with Gasteiger partial charge in [0.2, 0.25) is 0 Å². The van der Waals surface area contributed by atoms with E-state index >= 15 is 0 Å². The van der Waals surface area contributed by atoms with Crippen LogP contribution < -0.4 is 5.32 Å². The van der Waals surface area contributed by atoms with E-state index in [1.807, 2.05) is 24.3 Å². The second kappa shape index (κ2) is 6.15. The molecule has 3 heteroatoms. The van der Waals surface area contributed by atoms with Crippen LogP contribution in [0.2, 0.25) is 0 Å². The maximum absolute atomic E-state index is 8.96. The fourth-order valence-corrected chi connectivity index (χ4v) is 2.19. The Bertz CT molecular complexity index is 337. The topological polar surface area (TPSA) is 41.5 Å². The molecule has 2 N–H and O–H groups in total. The molecule has 1 aliphatic rings. The molecule has 0 radical (unpaired) electrons. The van der Waals surface area contributed by atoms with Crippen LogP contribution in [0, 0.1) is 0 Å². The van der Waals surface area contributed by atoms with Crippen molar-refractivity contribution in [1.29, 1.82) is 0 Å². The molecule has 0 bridgehead atoms. The minimum absolute atomic E-state index is 0.102. The summed E-state index contributed by atoms with van der Waals surface area (Å²) < 4.78 is 5.93. The van der Waals surface area contributed by atoms with Crippen molar-refractivity contribution in [2.75, 3.05) is 6.54 Å². The Kier molecular flexibility index (Phi) is 4.54. The summed E-state index contributed by atoms with van der Waals surface area (Å²) >= 11 is 0. The van der Waals surface area contributed by atoms with Crippen molar-refractivity contribution < 1.29 is 9.84 Å². The van der Waals surface area contributed by atoms with Crippen LogP contribution in [0.4, 0.5) is 0 Å². The molecule has 0 aliphatic carbocycles. The first-order valence-electron chi connectivity index (χ1n) is 6.33. The van der Waals surface area contributed by atoms with Crippen molar-refractivity contribution in [3.63, 3.8) is 0 Å². The predicted octanol–water partition coefficient (Wildman–Crippen LogP) is 1.84. The van der Waals surface area contributed by atoms with Crippen LogP contribution in [0.25, 0.3) is 0 Å². The van der Waals surface area contributed by atoms with Crippen molar-refractivity contribution in [3.8, 4) is 0 Å². The number of rotatable bonds is 4. The van der Waals surface area contributed by atoms with Gasteiger partial charge in [-0.3, -0.25) is 0 Å². The molecule has 94 valence electrons. The molecule has 1 aromatic rings. The van der Waals surface area contributed by atoms with Crippen LogP contribution in [0.3, 0.4) is 0 Å². The van der Waals surface area contributed by atoms with E-state index in [9.17, 15) is 0 Å². The third-order valence-electron chi connectivity index (χ3n) is 3.36. The molecule has 1 fully saturated rings. The van der Waals surface area contributed by atoms with Crippen LogP contribution in [-0.4, -0.2) is 23.8 Å². The molecule has 0 aromatic heterocycles. The van der Waals surface area contributed by atoms with E-state index in [4.69, 9.17) is 9.84 Å². The van der Waals surface area contributed by atoms with Crippen molar-refractivity contribution in [1.82, 2.24) is 5.32 Å². The van der Waals surface area contributed by atoms with Gasteiger partial charge in [0.25, 0.3) is 0 Å². The predicted molar refractivity (Wildman–Crippen MR) is 67.6 cm³/mol. The summed E-state index contributed by atoms with van der Waals surface area (Å²) in [4.78, 5) is 0. The van der Waals surface area contributed by atoms with Gasteiger partial charge in [-0.15, -0.1) is 0 Å². The molecule has 1 saturated heterocycles. The molecule has 1 aliphatic heterocycles. The van der Waals surface area contributed by atoms with E-state index in [1.54, 1.807) is 0 Å². The Morgan fingerprint density at radius 1 is 1.29 bits per heavy atom. The van der Waals surface area contributed by atoms with Crippen molar-refractivity contribution in [2.45, 2.75) is 45.1 Å². The van der Waals surface area contributed by atoms with E-state index in [-0.39, 0.29) is 6.61 Å². The van der Waals surface area contributed by atoms with Gasteiger partial charge < -0.3 is 15.2 Å². The molecule has 2 unspecified atom stereocenters. The van der Waals surface area contributed by atoms with Crippen LogP contribution in [0.15, 0.2) is 24.3 Å². The summed E-state index contributed by atoms with van der Waals surface area (Å²) in [6, 6.07) is 8.38. The maximum atomic E-state index is 8.96. The number of hydrogen-bond donors (Lipinski definition) is 2. The molecule has 1 heterocycles. The van der Waals surface area contributed by atoms with Gasteiger partial charge in [-0.25, -0.2) is 0 Å². The van der Waals surface area contributed by atoms with Crippen molar-refractivity contribution in [2.24, 2.45) is 0 Å². The Morgan fingerprint density at radius 2 is 2.00 bits per heavy atom. The van der Waals surface area contributed by atoms with Gasteiger partial charge in [0, 0.05) is 6.04 Å². The van der Waals surface area contributed by atoms with Crippen molar-refractivity contribution >= 4 is 0 Å². The molecule has 1 aromatic carbocycles. The first-order valence-corrected chi connectivity index (χ1v) is 6.33. The zero-order valence-corrected chi connectivity index (χ0v) is 10.4. The monoisotopic (exact) mass is 235 g/mol. The Balaban J connectivity index is 1.84. The van der Waals surface area contributed by atoms with E-state index in [1.165, 1.54) is 12.0 Å². The maximum Gasteiger partial charge on any atom is 0.0730 e. The van der Waals surface area contributed by atoms with Gasteiger partial charge in [-0.2, -0.15) is 0 Å². The fourth-order valence-electron chi connectivity index (χ4n) is 2.19. The normalized spacial score (nSPS) is 24.8. The highest BCUT2D eigenvalue weighted by Crippen LogP contribution is 2.15. The van der Waals surface area contributed by atoms with E-state index in [0.29, 0.717) is 18.8 Å². The number of ether oxygens (including phenoxy) is 1. The van der Waals surface area contributed by atoms with E-state index in [2.05, 4.69) is 12.2 Å². The summed E-state index contributed by atoms with van der Waals surface area (Å²) in [6.45, 7) is 4.04. The first kappa shape index (κ1) is 12.6. The minimum atomic E-state index is 0.102. The summed E-state index contributed by atoms with van der Waals surface area (Å²) in [5, 5.41) is 12.4. The molecule has 2 rings (SSSR count). The van der Waals surface area contributed by atoms with Crippen molar-refractivity contribution in [3.05, 3.63) is 35.4 Å². The van der Waals surface area contributed by atoms with Gasteiger partial charge in [0.05, 0.1) is 19.3 Å². The van der Waals surface area contributed by atoms with Gasteiger partial charge in [-0.05, 0) is 37.4 Å². The largest absolute Gasteiger partial charge is 0.392 e. The second-order valence-corrected chi connectivity index (χ2v) is 4.71. The third-order valence-corrected chi connectivity index (χ3v) is 3.36. The Hall–Kier alpha value is -0.900. The first-order chi connectivity index (χ1) is 8.29. The molecule has 17 heavy (non-hydrogen) atoms. The zero-order valence-electron chi connectivity index (χ0n) is 10.4. The number of benzene rings is 1. The number of aliphatic hydroxyl groups is 1. The summed E-state index contributed by atoms with van der Waals surface area (Å²) in [5.41, 5.74) is 2.11. The summed E-state index contributed by atoms with van der Waals surface area (Å²) in [6.07, 6.45) is 2.66. The Morgan fingerprint density at radius 3 is 2.65 bits per heavy atom. The molecule has 0 spiro atoms. The minimum Gasteiger partial charge on any atom is -0.392 e. The molecule has 2 atom stereocenters. The fraction of sp³-hybridized carbons (Fsp3) is 0.571. The highest BCUT2D eigenvalue weighted by molar-refractivity contribution is 5.21. The lowest BCUT2D eigenvalue weighted by atomic mass is 10.0. The molecule has 3 nitrogen and oxygen atoms in total. The Labute approximate surface area is 103 Å². The molecular weight excluding hydrogens is 214 g/mol. The van der Waals surface area contributed by atoms with Gasteiger partial charge in [0.1, 0.15) is 0 Å². The lowest BCUT2D eigenvalue weighted by Gasteiger charge is -2.29. The standard InChI is InChI=1S/C14H21NO2/c1-11-14(3-2-8-15-11)17-10-13-6-4-12(9-16)5-7-13/h4-7,11,14-16H,2-3,8-10H2,1H3. The van der Waals surface area contributed by atoms with Crippen LogP contribution in [0.1, 0.15) is 30.9 Å². The smallest absolute Gasteiger partial charge is 0.0730 e. The molecular formula is C14H21NO2. The molecule has 0 amide bonds. The van der Waals surface area contributed by atoms with Gasteiger partial charge in [0.15, 0.2) is 0 Å². The van der Waals surface area contributed by atoms with E-state index < -0.39 is 0 Å². The van der Waals surface area contributed by atoms with Gasteiger partial charge >= 0.3 is 0 Å². The van der Waals surface area contributed by atoms with E-state index in [0.717, 1.165) is 18.5 Å². The lowest BCUT2D eigenvalue weighted by Crippen LogP contribution is -2.43. The number of nitrogens with one attached hydrogen (secondary N) is 1. The van der Waals surface area contributed by atoms with Crippen LogP contribution >= 0.6 is 0 Å². The number of aliphatic hydroxyl groups excluding tert-OH is 1. The average molecular weight is 235 g/mol. The highest BCUT2D eigenvalue weighted by Gasteiger charge is 2.20. The number of hydrogen-bond acceptors (Lipinski definition) is 3. The molecule has 0 saturated carbocycles. The SMILES string of the molecule is CC1NCCCC1OCc1ccc(CO)cc1. The highest BCUT2D eigenvalue weighted by atomic mass is 16.5. The lowest BCUT2D eigenvalue weighted by molar-refractivity contribution is 0.00167. The van der Waals surface area contributed by atoms with Gasteiger partial charge in [-0.1, -0.05) is 24.3 Å². The summed E-state index contributed by atoms with van der Waals surface area (Å²) in [7, 11) is 0.